The number of ether oxygens (including phenoxy) is 1. The van der Waals surface area contributed by atoms with Crippen molar-refractivity contribution in [2.75, 3.05) is 13.7 Å². The van der Waals surface area contributed by atoms with E-state index in [1.165, 1.54) is 0 Å². The van der Waals surface area contributed by atoms with Gasteiger partial charge in [-0.25, -0.2) is 9.97 Å². The Hall–Kier alpha value is -1.94. The quantitative estimate of drug-likeness (QED) is 0.891. The summed E-state index contributed by atoms with van der Waals surface area (Å²) in [4.78, 5) is 8.71. The molecule has 0 atom stereocenters. The lowest BCUT2D eigenvalue weighted by molar-refractivity contribution is 0.412. The topological polar surface area (TPSA) is 61.0 Å². The number of methoxy groups -OCH3 is 1. The lowest BCUT2D eigenvalue weighted by atomic mass is 10.1. The van der Waals surface area contributed by atoms with Crippen LogP contribution in [0.4, 0.5) is 0 Å². The van der Waals surface area contributed by atoms with Gasteiger partial charge in [0.25, 0.3) is 0 Å². The average molecular weight is 243 g/mol. The van der Waals surface area contributed by atoms with Gasteiger partial charge in [0.15, 0.2) is 5.82 Å². The van der Waals surface area contributed by atoms with Gasteiger partial charge in [-0.15, -0.1) is 0 Å². The van der Waals surface area contributed by atoms with Crippen LogP contribution < -0.4 is 10.5 Å². The third-order valence-corrected chi connectivity index (χ3v) is 2.79. The van der Waals surface area contributed by atoms with E-state index in [0.717, 1.165) is 34.7 Å². The summed E-state index contributed by atoms with van der Waals surface area (Å²) in [6.45, 7) is 2.62. The van der Waals surface area contributed by atoms with Crippen molar-refractivity contribution in [3.05, 3.63) is 41.7 Å². The molecule has 0 aliphatic carbocycles. The van der Waals surface area contributed by atoms with Crippen LogP contribution in [0.25, 0.3) is 11.4 Å². The molecule has 2 rings (SSSR count). The number of rotatable bonds is 4. The van der Waals surface area contributed by atoms with Crippen molar-refractivity contribution in [3.63, 3.8) is 0 Å². The van der Waals surface area contributed by atoms with Crippen molar-refractivity contribution < 1.29 is 4.74 Å². The summed E-state index contributed by atoms with van der Waals surface area (Å²) in [6.07, 6.45) is 4.46. The minimum atomic E-state index is 0.615. The van der Waals surface area contributed by atoms with Gasteiger partial charge in [0.05, 0.1) is 7.11 Å². The Kier molecular flexibility index (Phi) is 3.89. The predicted molar refractivity (Wildman–Crippen MR) is 71.5 cm³/mol. The first-order chi connectivity index (χ1) is 8.74. The Bertz CT molecular complexity index is 523. The lowest BCUT2D eigenvalue weighted by Crippen LogP contribution is -2.03. The minimum Gasteiger partial charge on any atom is -0.496 e. The van der Waals surface area contributed by atoms with E-state index >= 15 is 0 Å². The summed E-state index contributed by atoms with van der Waals surface area (Å²) in [5.74, 6) is 1.60. The summed E-state index contributed by atoms with van der Waals surface area (Å²) in [6, 6.07) is 5.92. The van der Waals surface area contributed by atoms with Crippen molar-refractivity contribution in [1.82, 2.24) is 9.97 Å². The van der Waals surface area contributed by atoms with Crippen LogP contribution in [0.15, 0.2) is 30.6 Å². The Morgan fingerprint density at radius 3 is 2.50 bits per heavy atom. The Morgan fingerprint density at radius 2 is 1.94 bits per heavy atom. The third-order valence-electron chi connectivity index (χ3n) is 2.79. The maximum atomic E-state index is 5.49. The number of hydrogen-bond donors (Lipinski definition) is 1. The van der Waals surface area contributed by atoms with Crippen molar-refractivity contribution in [2.45, 2.75) is 13.3 Å². The number of nitrogens with zero attached hydrogens (tertiary/aromatic N) is 2. The molecule has 0 unspecified atom stereocenters. The molecule has 1 heterocycles. The minimum absolute atomic E-state index is 0.615. The van der Waals surface area contributed by atoms with E-state index in [1.54, 1.807) is 7.11 Å². The molecule has 2 aromatic rings. The predicted octanol–water partition coefficient (Wildman–Crippen LogP) is 1.96. The second-order valence-corrected chi connectivity index (χ2v) is 4.14. The molecule has 0 radical (unpaired) electrons. The molecule has 2 N–H and O–H groups in total. The number of aromatic nitrogens is 2. The van der Waals surface area contributed by atoms with Crippen LogP contribution in [0, 0.1) is 6.92 Å². The SMILES string of the molecule is COc1ccc(-c2ncc(CCN)cn2)cc1C. The van der Waals surface area contributed by atoms with Gasteiger partial charge in [0, 0.05) is 18.0 Å². The number of aryl methyl sites for hydroxylation is 1. The van der Waals surface area contributed by atoms with Crippen molar-refractivity contribution in [1.29, 1.82) is 0 Å². The molecule has 1 aromatic heterocycles. The Balaban J connectivity index is 2.28. The molecule has 0 spiro atoms. The highest BCUT2D eigenvalue weighted by molar-refractivity contribution is 5.58. The number of nitrogens with two attached hydrogens (primary N) is 1. The molecule has 0 fully saturated rings. The maximum absolute atomic E-state index is 5.49. The molecule has 4 nitrogen and oxygen atoms in total. The summed E-state index contributed by atoms with van der Waals surface area (Å²) >= 11 is 0. The highest BCUT2D eigenvalue weighted by Gasteiger charge is 2.04. The van der Waals surface area contributed by atoms with Gasteiger partial charge in [-0.2, -0.15) is 0 Å². The molecule has 1 aromatic carbocycles. The molecule has 0 aliphatic rings. The van der Waals surface area contributed by atoms with Crippen molar-refractivity contribution >= 4 is 0 Å². The second-order valence-electron chi connectivity index (χ2n) is 4.14. The highest BCUT2D eigenvalue weighted by atomic mass is 16.5. The van der Waals surface area contributed by atoms with Crippen LogP contribution in [0.1, 0.15) is 11.1 Å². The largest absolute Gasteiger partial charge is 0.496 e. The van der Waals surface area contributed by atoms with E-state index in [1.807, 2.05) is 37.5 Å². The van der Waals surface area contributed by atoms with E-state index in [4.69, 9.17) is 10.5 Å². The van der Waals surface area contributed by atoms with Crippen LogP contribution in [-0.4, -0.2) is 23.6 Å². The summed E-state index contributed by atoms with van der Waals surface area (Å²) in [7, 11) is 1.67. The molecule has 18 heavy (non-hydrogen) atoms. The van der Waals surface area contributed by atoms with Crippen LogP contribution in [0.3, 0.4) is 0 Å². The summed E-state index contributed by atoms with van der Waals surface area (Å²) < 4.78 is 5.23. The molecule has 94 valence electrons. The summed E-state index contributed by atoms with van der Waals surface area (Å²) in [5.41, 5.74) is 8.62. The van der Waals surface area contributed by atoms with Crippen molar-refractivity contribution in [2.24, 2.45) is 5.73 Å². The first-order valence-electron chi connectivity index (χ1n) is 5.90. The maximum Gasteiger partial charge on any atom is 0.159 e. The van der Waals surface area contributed by atoms with Crippen molar-refractivity contribution in [3.8, 4) is 17.1 Å². The summed E-state index contributed by atoms with van der Waals surface area (Å²) in [5, 5.41) is 0. The van der Waals surface area contributed by atoms with Gasteiger partial charge in [-0.05, 0) is 49.2 Å². The fraction of sp³-hybridized carbons (Fsp3) is 0.286. The normalized spacial score (nSPS) is 10.4. The molecular weight excluding hydrogens is 226 g/mol. The molecule has 0 bridgehead atoms. The molecule has 4 heteroatoms. The molecule has 0 amide bonds. The molecule has 0 aliphatic heterocycles. The van der Waals surface area contributed by atoms with Gasteiger partial charge in [0.2, 0.25) is 0 Å². The molecular formula is C14H17N3O. The van der Waals surface area contributed by atoms with Gasteiger partial charge in [0.1, 0.15) is 5.75 Å². The fourth-order valence-electron chi connectivity index (χ4n) is 1.82. The van der Waals surface area contributed by atoms with Crippen LogP contribution in [0.2, 0.25) is 0 Å². The van der Waals surface area contributed by atoms with E-state index in [0.29, 0.717) is 6.54 Å². The zero-order valence-corrected chi connectivity index (χ0v) is 10.7. The van der Waals surface area contributed by atoms with E-state index in [9.17, 15) is 0 Å². The standard InChI is InChI=1S/C14H17N3O/c1-10-7-12(3-4-13(10)18-2)14-16-8-11(5-6-15)9-17-14/h3-4,7-9H,5-6,15H2,1-2H3. The van der Waals surface area contributed by atoms with E-state index in [-0.39, 0.29) is 0 Å². The van der Waals surface area contributed by atoms with Crippen LogP contribution in [-0.2, 0) is 6.42 Å². The van der Waals surface area contributed by atoms with E-state index in [2.05, 4.69) is 9.97 Å². The van der Waals surface area contributed by atoms with Gasteiger partial charge in [-0.3, -0.25) is 0 Å². The van der Waals surface area contributed by atoms with Gasteiger partial charge in [-0.1, -0.05) is 0 Å². The zero-order valence-electron chi connectivity index (χ0n) is 10.7. The number of benzene rings is 1. The lowest BCUT2D eigenvalue weighted by Gasteiger charge is -2.07. The third kappa shape index (κ3) is 2.65. The molecule has 0 saturated carbocycles. The first kappa shape index (κ1) is 12.5. The first-order valence-corrected chi connectivity index (χ1v) is 5.90. The monoisotopic (exact) mass is 243 g/mol. The Labute approximate surface area is 107 Å². The fourth-order valence-corrected chi connectivity index (χ4v) is 1.82. The second kappa shape index (κ2) is 5.60. The Morgan fingerprint density at radius 1 is 1.22 bits per heavy atom. The smallest absolute Gasteiger partial charge is 0.159 e. The van der Waals surface area contributed by atoms with Gasteiger partial charge < -0.3 is 10.5 Å². The van der Waals surface area contributed by atoms with Crippen LogP contribution in [0.5, 0.6) is 5.75 Å². The number of hydrogen-bond acceptors (Lipinski definition) is 4. The van der Waals surface area contributed by atoms with Crippen LogP contribution >= 0.6 is 0 Å². The average Bonchev–Trinajstić information content (AvgIpc) is 2.40. The molecule has 0 saturated heterocycles. The van der Waals surface area contributed by atoms with Gasteiger partial charge >= 0.3 is 0 Å². The zero-order chi connectivity index (χ0) is 13.0. The van der Waals surface area contributed by atoms with E-state index < -0.39 is 0 Å². The highest BCUT2D eigenvalue weighted by Crippen LogP contribution is 2.23.